The molecule has 0 aliphatic carbocycles. The van der Waals surface area contributed by atoms with Gasteiger partial charge in [-0.15, -0.1) is 0 Å². The van der Waals surface area contributed by atoms with Crippen molar-refractivity contribution in [3.63, 3.8) is 0 Å². The van der Waals surface area contributed by atoms with Crippen molar-refractivity contribution in [1.82, 2.24) is 0 Å². The normalized spacial score (nSPS) is 11.1. The zero-order valence-electron chi connectivity index (χ0n) is 10.8. The van der Waals surface area contributed by atoms with E-state index in [0.717, 1.165) is 0 Å². The minimum Gasteiger partial charge on any atom is -0.0870 e. The minimum absolute atomic E-state index is 0. The lowest BCUT2D eigenvalue weighted by Gasteiger charge is -2.12. The van der Waals surface area contributed by atoms with Gasteiger partial charge in [0.05, 0.1) is 0 Å². The molecular formula is C19H20. The summed E-state index contributed by atoms with van der Waals surface area (Å²) in [5.74, 6) is 0. The first-order valence-electron chi connectivity index (χ1n) is 6.35. The highest BCUT2D eigenvalue weighted by atomic mass is 14.1. The molecule has 0 saturated heterocycles. The van der Waals surface area contributed by atoms with Crippen molar-refractivity contribution in [2.24, 2.45) is 0 Å². The Bertz CT molecular complexity index is 748. The number of fused-ring (bicyclic) bond motifs is 3. The lowest BCUT2D eigenvalue weighted by molar-refractivity contribution is 1.52. The number of hydrogen-bond acceptors (Lipinski definition) is 0. The van der Waals surface area contributed by atoms with Gasteiger partial charge in [0.2, 0.25) is 0 Å². The number of benzene rings is 3. The molecule has 96 valence electrons. The van der Waals surface area contributed by atoms with Crippen LogP contribution in [0.1, 0.15) is 25.5 Å². The van der Waals surface area contributed by atoms with Crippen LogP contribution < -0.4 is 0 Å². The molecule has 0 saturated carbocycles. The molecule has 0 radical (unpaired) electrons. The maximum Gasteiger partial charge on any atom is -0.00992 e. The lowest BCUT2D eigenvalue weighted by atomic mass is 9.92. The summed E-state index contributed by atoms with van der Waals surface area (Å²) < 4.78 is 0. The lowest BCUT2D eigenvalue weighted by Crippen LogP contribution is -1.88. The standard InChI is InChI=1S/C18H16.CH4/c1-3-8-14-13(2)15-9-4-5-11-17(15)18-12-7-6-10-16(14)18;/h3-12H,1-2H3;1H4/b8-3-;. The van der Waals surface area contributed by atoms with Crippen molar-refractivity contribution in [2.75, 3.05) is 0 Å². The highest BCUT2D eigenvalue weighted by Crippen LogP contribution is 2.32. The summed E-state index contributed by atoms with van der Waals surface area (Å²) in [6, 6.07) is 17.3. The van der Waals surface area contributed by atoms with Gasteiger partial charge in [-0.2, -0.15) is 0 Å². The summed E-state index contributed by atoms with van der Waals surface area (Å²) in [7, 11) is 0. The van der Waals surface area contributed by atoms with Crippen LogP contribution in [0.15, 0.2) is 54.6 Å². The fourth-order valence-corrected chi connectivity index (χ4v) is 2.73. The molecule has 0 N–H and O–H groups in total. The van der Waals surface area contributed by atoms with Crippen LogP contribution in [0.3, 0.4) is 0 Å². The smallest absolute Gasteiger partial charge is 0.00992 e. The van der Waals surface area contributed by atoms with E-state index in [2.05, 4.69) is 74.5 Å². The van der Waals surface area contributed by atoms with Crippen molar-refractivity contribution >= 4 is 27.6 Å². The molecule has 0 aliphatic heterocycles. The summed E-state index contributed by atoms with van der Waals surface area (Å²) in [5.41, 5.74) is 2.70. The van der Waals surface area contributed by atoms with E-state index in [1.54, 1.807) is 0 Å². The minimum atomic E-state index is 0. The Labute approximate surface area is 115 Å². The Kier molecular flexibility index (Phi) is 3.71. The second-order valence-corrected chi connectivity index (χ2v) is 4.63. The predicted octanol–water partition coefficient (Wildman–Crippen LogP) is 5.97. The van der Waals surface area contributed by atoms with E-state index in [-0.39, 0.29) is 7.43 Å². The van der Waals surface area contributed by atoms with Crippen molar-refractivity contribution < 1.29 is 0 Å². The Morgan fingerprint density at radius 1 is 0.737 bits per heavy atom. The number of rotatable bonds is 1. The second kappa shape index (κ2) is 5.27. The summed E-state index contributed by atoms with van der Waals surface area (Å²) >= 11 is 0. The molecule has 19 heavy (non-hydrogen) atoms. The van der Waals surface area contributed by atoms with Crippen LogP contribution in [0, 0.1) is 6.92 Å². The molecular weight excluding hydrogens is 228 g/mol. The number of allylic oxidation sites excluding steroid dienone is 1. The summed E-state index contributed by atoms with van der Waals surface area (Å²) in [4.78, 5) is 0. The molecule has 0 aliphatic rings. The van der Waals surface area contributed by atoms with Crippen LogP contribution in [0.2, 0.25) is 0 Å². The van der Waals surface area contributed by atoms with Gasteiger partial charge in [0.1, 0.15) is 0 Å². The zero-order valence-corrected chi connectivity index (χ0v) is 10.8. The van der Waals surface area contributed by atoms with Crippen LogP contribution in [0.5, 0.6) is 0 Å². The van der Waals surface area contributed by atoms with Crippen molar-refractivity contribution in [3.05, 3.63) is 65.7 Å². The molecule has 0 nitrogen and oxygen atoms in total. The van der Waals surface area contributed by atoms with E-state index < -0.39 is 0 Å². The van der Waals surface area contributed by atoms with E-state index in [1.807, 2.05) is 0 Å². The maximum absolute atomic E-state index is 2.21. The maximum atomic E-state index is 2.21. The van der Waals surface area contributed by atoms with Crippen LogP contribution in [-0.4, -0.2) is 0 Å². The fraction of sp³-hybridized carbons (Fsp3) is 0.158. The average Bonchev–Trinajstić information content (AvgIpc) is 2.43. The predicted molar refractivity (Wildman–Crippen MR) is 87.6 cm³/mol. The summed E-state index contributed by atoms with van der Waals surface area (Å²) in [5, 5.41) is 5.38. The topological polar surface area (TPSA) is 0 Å². The first-order chi connectivity index (χ1) is 8.83. The van der Waals surface area contributed by atoms with Crippen LogP contribution >= 0.6 is 0 Å². The zero-order chi connectivity index (χ0) is 12.5. The van der Waals surface area contributed by atoms with Gasteiger partial charge in [-0.3, -0.25) is 0 Å². The van der Waals surface area contributed by atoms with E-state index in [0.29, 0.717) is 0 Å². The molecule has 0 fully saturated rings. The van der Waals surface area contributed by atoms with E-state index in [9.17, 15) is 0 Å². The Morgan fingerprint density at radius 3 is 1.79 bits per heavy atom. The number of hydrogen-bond donors (Lipinski definition) is 0. The second-order valence-electron chi connectivity index (χ2n) is 4.63. The van der Waals surface area contributed by atoms with E-state index in [1.165, 1.54) is 32.7 Å². The third-order valence-corrected chi connectivity index (χ3v) is 3.58. The average molecular weight is 248 g/mol. The van der Waals surface area contributed by atoms with Crippen molar-refractivity contribution in [1.29, 1.82) is 0 Å². The van der Waals surface area contributed by atoms with Crippen LogP contribution in [0.25, 0.3) is 27.6 Å². The Morgan fingerprint density at radius 2 is 1.21 bits per heavy atom. The largest absolute Gasteiger partial charge is 0.0870 e. The van der Waals surface area contributed by atoms with Gasteiger partial charge in [-0.25, -0.2) is 0 Å². The SMILES string of the molecule is C.C/C=C\c1c(C)c2ccccc2c2ccccc12. The molecule has 0 aromatic heterocycles. The van der Waals surface area contributed by atoms with Crippen LogP contribution in [0.4, 0.5) is 0 Å². The summed E-state index contributed by atoms with van der Waals surface area (Å²) in [6.07, 6.45) is 4.33. The van der Waals surface area contributed by atoms with E-state index in [4.69, 9.17) is 0 Å². The molecule has 0 spiro atoms. The fourth-order valence-electron chi connectivity index (χ4n) is 2.73. The first kappa shape index (κ1) is 13.4. The molecule has 0 atom stereocenters. The van der Waals surface area contributed by atoms with Gasteiger partial charge in [0, 0.05) is 0 Å². The third kappa shape index (κ3) is 2.04. The quantitative estimate of drug-likeness (QED) is 0.465. The molecule has 3 aromatic carbocycles. The number of aryl methyl sites for hydroxylation is 1. The molecule has 0 amide bonds. The highest BCUT2D eigenvalue weighted by molar-refractivity contribution is 6.12. The van der Waals surface area contributed by atoms with E-state index >= 15 is 0 Å². The van der Waals surface area contributed by atoms with Crippen molar-refractivity contribution in [2.45, 2.75) is 21.3 Å². The molecule has 0 heteroatoms. The summed E-state index contributed by atoms with van der Waals surface area (Å²) in [6.45, 7) is 4.29. The van der Waals surface area contributed by atoms with Gasteiger partial charge < -0.3 is 0 Å². The van der Waals surface area contributed by atoms with Gasteiger partial charge in [-0.1, -0.05) is 68.1 Å². The Balaban J connectivity index is 0.00000133. The molecule has 0 heterocycles. The van der Waals surface area contributed by atoms with Gasteiger partial charge in [-0.05, 0) is 46.5 Å². The molecule has 3 aromatic rings. The molecule has 0 unspecified atom stereocenters. The Hall–Kier alpha value is -2.08. The highest BCUT2D eigenvalue weighted by Gasteiger charge is 2.08. The molecule has 3 rings (SSSR count). The van der Waals surface area contributed by atoms with Gasteiger partial charge in [0.15, 0.2) is 0 Å². The van der Waals surface area contributed by atoms with Gasteiger partial charge in [0.25, 0.3) is 0 Å². The first-order valence-corrected chi connectivity index (χ1v) is 6.35. The van der Waals surface area contributed by atoms with Gasteiger partial charge >= 0.3 is 0 Å². The van der Waals surface area contributed by atoms with Crippen LogP contribution in [-0.2, 0) is 0 Å². The van der Waals surface area contributed by atoms with Crippen molar-refractivity contribution in [3.8, 4) is 0 Å². The molecule has 0 bridgehead atoms. The monoisotopic (exact) mass is 248 g/mol. The third-order valence-electron chi connectivity index (χ3n) is 3.58.